The van der Waals surface area contributed by atoms with Crippen LogP contribution in [-0.4, -0.2) is 39.7 Å². The fourth-order valence-corrected chi connectivity index (χ4v) is 4.16. The number of esters is 1. The highest BCUT2D eigenvalue weighted by Gasteiger charge is 2.18. The average Bonchev–Trinajstić information content (AvgIpc) is 2.67. The van der Waals surface area contributed by atoms with Crippen molar-refractivity contribution in [2.45, 2.75) is 33.6 Å². The predicted octanol–water partition coefficient (Wildman–Crippen LogP) is 4.32. The molecule has 31 heavy (non-hydrogen) atoms. The van der Waals surface area contributed by atoms with E-state index < -0.39 is 16.0 Å². The molecule has 0 aliphatic heterocycles. The number of carbonyl (C=O) groups excluding carboxylic acids is 2. The van der Waals surface area contributed by atoms with E-state index in [9.17, 15) is 18.0 Å². The van der Waals surface area contributed by atoms with E-state index in [1.54, 1.807) is 19.1 Å². The first-order valence-electron chi connectivity index (χ1n) is 9.84. The molecule has 1 N–H and O–H groups in total. The Bertz CT molecular complexity index is 1070. The predicted molar refractivity (Wildman–Crippen MR) is 123 cm³/mol. The van der Waals surface area contributed by atoms with Crippen LogP contribution in [0.1, 0.15) is 41.3 Å². The summed E-state index contributed by atoms with van der Waals surface area (Å²) in [5.74, 6) is -0.814. The molecule has 0 spiro atoms. The van der Waals surface area contributed by atoms with Gasteiger partial charge in [-0.05, 0) is 68.7 Å². The fraction of sp³-hybridized carbons (Fsp3) is 0.364. The first kappa shape index (κ1) is 24.7. The van der Waals surface area contributed by atoms with E-state index >= 15 is 0 Å². The second-order valence-corrected chi connectivity index (χ2v) is 9.48. The molecule has 2 aromatic rings. The normalized spacial score (nSPS) is 11.1. The molecule has 0 saturated heterocycles. The summed E-state index contributed by atoms with van der Waals surface area (Å²) in [4.78, 5) is 24.1. The van der Waals surface area contributed by atoms with E-state index in [1.165, 1.54) is 16.4 Å². The Morgan fingerprint density at radius 1 is 1.10 bits per heavy atom. The quantitative estimate of drug-likeness (QED) is 0.555. The molecule has 0 saturated carbocycles. The van der Waals surface area contributed by atoms with Gasteiger partial charge >= 0.3 is 5.97 Å². The van der Waals surface area contributed by atoms with E-state index in [2.05, 4.69) is 5.32 Å². The largest absolute Gasteiger partial charge is 0.462 e. The summed E-state index contributed by atoms with van der Waals surface area (Å²) in [6.45, 7) is 5.99. The van der Waals surface area contributed by atoms with Crippen LogP contribution in [0.2, 0.25) is 5.02 Å². The van der Waals surface area contributed by atoms with Crippen molar-refractivity contribution in [1.29, 1.82) is 0 Å². The summed E-state index contributed by atoms with van der Waals surface area (Å²) < 4.78 is 30.7. The molecule has 0 fully saturated rings. The standard InChI is InChI=1S/C22H27ClN2O5S/c1-5-30-22(27)19-11-9-17(14-20(19)23)24-21(26)7-6-12-25(31(4,28)29)18-10-8-15(2)16(3)13-18/h8-11,13-14H,5-7,12H2,1-4H3,(H,24,26). The maximum absolute atomic E-state index is 12.3. The molecule has 9 heteroatoms. The second-order valence-electron chi connectivity index (χ2n) is 7.17. The Morgan fingerprint density at radius 3 is 2.39 bits per heavy atom. The summed E-state index contributed by atoms with van der Waals surface area (Å²) in [7, 11) is -3.49. The van der Waals surface area contributed by atoms with Crippen molar-refractivity contribution >= 4 is 44.9 Å². The van der Waals surface area contributed by atoms with Crippen LogP contribution in [0.4, 0.5) is 11.4 Å². The van der Waals surface area contributed by atoms with Gasteiger partial charge in [0, 0.05) is 18.7 Å². The van der Waals surface area contributed by atoms with Crippen LogP contribution in [0.25, 0.3) is 0 Å². The number of rotatable bonds is 9. The molecule has 0 unspecified atom stereocenters. The molecule has 0 aliphatic rings. The van der Waals surface area contributed by atoms with E-state index in [0.717, 1.165) is 17.4 Å². The van der Waals surface area contributed by atoms with Crippen molar-refractivity contribution < 1.29 is 22.7 Å². The molecule has 0 radical (unpaired) electrons. The summed E-state index contributed by atoms with van der Waals surface area (Å²) in [5.41, 5.74) is 3.31. The topological polar surface area (TPSA) is 92.8 Å². The zero-order valence-corrected chi connectivity index (χ0v) is 19.6. The van der Waals surface area contributed by atoms with E-state index in [1.807, 2.05) is 26.0 Å². The molecule has 7 nitrogen and oxygen atoms in total. The zero-order valence-electron chi connectivity index (χ0n) is 18.1. The van der Waals surface area contributed by atoms with Crippen molar-refractivity contribution in [1.82, 2.24) is 0 Å². The smallest absolute Gasteiger partial charge is 0.339 e. The molecule has 2 rings (SSSR count). The summed E-state index contributed by atoms with van der Waals surface area (Å²) in [5, 5.41) is 2.88. The SMILES string of the molecule is CCOC(=O)c1ccc(NC(=O)CCCN(c2ccc(C)c(C)c2)S(C)(=O)=O)cc1Cl. The number of hydrogen-bond donors (Lipinski definition) is 1. The summed E-state index contributed by atoms with van der Waals surface area (Å²) >= 11 is 6.11. The lowest BCUT2D eigenvalue weighted by Crippen LogP contribution is -2.31. The van der Waals surface area contributed by atoms with Crippen molar-refractivity contribution in [2.75, 3.05) is 29.0 Å². The molecule has 168 valence electrons. The second kappa shape index (κ2) is 10.6. The van der Waals surface area contributed by atoms with Crippen LogP contribution in [0.5, 0.6) is 0 Å². The third-order valence-electron chi connectivity index (χ3n) is 4.69. The minimum absolute atomic E-state index is 0.119. The van der Waals surface area contributed by atoms with Gasteiger partial charge in [-0.15, -0.1) is 0 Å². The van der Waals surface area contributed by atoms with Gasteiger partial charge in [-0.1, -0.05) is 17.7 Å². The molecule has 0 heterocycles. The number of nitrogens with one attached hydrogen (secondary N) is 1. The van der Waals surface area contributed by atoms with Crippen LogP contribution < -0.4 is 9.62 Å². The minimum atomic E-state index is -3.49. The minimum Gasteiger partial charge on any atom is -0.462 e. The maximum atomic E-state index is 12.3. The first-order valence-corrected chi connectivity index (χ1v) is 12.1. The van der Waals surface area contributed by atoms with Gasteiger partial charge in [0.15, 0.2) is 0 Å². The van der Waals surface area contributed by atoms with Crippen LogP contribution in [0.15, 0.2) is 36.4 Å². The molecular formula is C22H27ClN2O5S. The Kier molecular flexibility index (Phi) is 8.47. The van der Waals surface area contributed by atoms with Crippen LogP contribution in [0.3, 0.4) is 0 Å². The summed E-state index contributed by atoms with van der Waals surface area (Å²) in [6, 6.07) is 9.98. The number of benzene rings is 2. The highest BCUT2D eigenvalue weighted by molar-refractivity contribution is 7.92. The number of ether oxygens (including phenoxy) is 1. The molecule has 0 aliphatic carbocycles. The highest BCUT2D eigenvalue weighted by atomic mass is 35.5. The number of aryl methyl sites for hydroxylation is 2. The lowest BCUT2D eigenvalue weighted by Gasteiger charge is -2.23. The number of nitrogens with zero attached hydrogens (tertiary/aromatic N) is 1. The van der Waals surface area contributed by atoms with Crippen LogP contribution in [-0.2, 0) is 19.6 Å². The van der Waals surface area contributed by atoms with Gasteiger partial charge in [-0.25, -0.2) is 13.2 Å². The van der Waals surface area contributed by atoms with E-state index in [-0.39, 0.29) is 36.1 Å². The van der Waals surface area contributed by atoms with Crippen LogP contribution in [0, 0.1) is 13.8 Å². The van der Waals surface area contributed by atoms with Gasteiger partial charge in [-0.2, -0.15) is 0 Å². The Hall–Kier alpha value is -2.58. The Labute approximate surface area is 188 Å². The van der Waals surface area contributed by atoms with Gasteiger partial charge in [0.1, 0.15) is 0 Å². The zero-order chi connectivity index (χ0) is 23.2. The Balaban J connectivity index is 1.99. The van der Waals surface area contributed by atoms with E-state index in [4.69, 9.17) is 16.3 Å². The van der Waals surface area contributed by atoms with Gasteiger partial charge in [0.2, 0.25) is 15.9 Å². The summed E-state index contributed by atoms with van der Waals surface area (Å²) in [6.07, 6.45) is 1.60. The van der Waals surface area contributed by atoms with Crippen molar-refractivity contribution in [3.8, 4) is 0 Å². The van der Waals surface area contributed by atoms with Gasteiger partial charge in [-0.3, -0.25) is 9.10 Å². The molecule has 2 aromatic carbocycles. The van der Waals surface area contributed by atoms with Gasteiger partial charge in [0.25, 0.3) is 0 Å². The number of halogens is 1. The van der Waals surface area contributed by atoms with Crippen molar-refractivity contribution in [3.05, 3.63) is 58.1 Å². The van der Waals surface area contributed by atoms with E-state index in [0.29, 0.717) is 17.8 Å². The van der Waals surface area contributed by atoms with Gasteiger partial charge in [0.05, 0.1) is 29.1 Å². The molecule has 0 aromatic heterocycles. The number of amides is 1. The monoisotopic (exact) mass is 466 g/mol. The number of carbonyl (C=O) groups is 2. The Morgan fingerprint density at radius 2 is 1.81 bits per heavy atom. The first-order chi connectivity index (χ1) is 14.5. The fourth-order valence-electron chi connectivity index (χ4n) is 2.94. The molecule has 0 atom stereocenters. The van der Waals surface area contributed by atoms with Crippen molar-refractivity contribution in [3.63, 3.8) is 0 Å². The number of sulfonamides is 1. The third-order valence-corrected chi connectivity index (χ3v) is 6.20. The highest BCUT2D eigenvalue weighted by Crippen LogP contribution is 2.23. The number of hydrogen-bond acceptors (Lipinski definition) is 5. The molecule has 1 amide bonds. The third kappa shape index (κ3) is 6.97. The molecular weight excluding hydrogens is 440 g/mol. The van der Waals surface area contributed by atoms with Gasteiger partial charge < -0.3 is 10.1 Å². The lowest BCUT2D eigenvalue weighted by molar-refractivity contribution is -0.116. The van der Waals surface area contributed by atoms with Crippen molar-refractivity contribution in [2.24, 2.45) is 0 Å². The number of anilines is 2. The lowest BCUT2D eigenvalue weighted by atomic mass is 10.1. The maximum Gasteiger partial charge on any atom is 0.339 e. The van der Waals surface area contributed by atoms with Crippen LogP contribution >= 0.6 is 11.6 Å². The average molecular weight is 467 g/mol. The molecule has 0 bridgehead atoms.